The molecule has 3 heterocycles. The van der Waals surface area contributed by atoms with E-state index in [-0.39, 0.29) is 11.7 Å². The largest absolute Gasteiger partial charge is 0.508 e. The molecule has 0 spiro atoms. The van der Waals surface area contributed by atoms with Gasteiger partial charge in [0.1, 0.15) is 11.6 Å². The van der Waals surface area contributed by atoms with Crippen molar-refractivity contribution in [2.45, 2.75) is 44.9 Å². The second-order valence-corrected chi connectivity index (χ2v) is 10.5. The molecule has 0 radical (unpaired) electrons. The van der Waals surface area contributed by atoms with Gasteiger partial charge < -0.3 is 14.9 Å². The normalized spacial score (nSPS) is 17.8. The first-order chi connectivity index (χ1) is 18.0. The van der Waals surface area contributed by atoms with Gasteiger partial charge in [-0.25, -0.2) is 9.97 Å². The summed E-state index contributed by atoms with van der Waals surface area (Å²) in [6.45, 7) is 8.10. The Morgan fingerprint density at radius 3 is 2.49 bits per heavy atom. The molecule has 0 saturated carbocycles. The van der Waals surface area contributed by atoms with Crippen molar-refractivity contribution in [1.29, 1.82) is 0 Å². The highest BCUT2D eigenvalue weighted by molar-refractivity contribution is 5.96. The van der Waals surface area contributed by atoms with Crippen molar-refractivity contribution in [2.24, 2.45) is 5.92 Å². The van der Waals surface area contributed by atoms with Crippen molar-refractivity contribution in [2.75, 3.05) is 26.2 Å². The van der Waals surface area contributed by atoms with Crippen LogP contribution in [0.2, 0.25) is 0 Å². The molecule has 6 nitrogen and oxygen atoms in total. The number of hydrogen-bond acceptors (Lipinski definition) is 5. The zero-order chi connectivity index (χ0) is 25.8. The molecule has 2 aromatic carbocycles. The smallest absolute Gasteiger partial charge is 0.261 e. The average Bonchev–Trinajstić information content (AvgIpc) is 2.93. The van der Waals surface area contributed by atoms with Gasteiger partial charge in [0, 0.05) is 31.7 Å². The number of amides is 1. The number of benzene rings is 2. The molecule has 1 atom stereocenters. The van der Waals surface area contributed by atoms with Crippen LogP contribution in [0.25, 0.3) is 12.3 Å². The lowest BCUT2D eigenvalue weighted by molar-refractivity contribution is 0.0854. The fourth-order valence-electron chi connectivity index (χ4n) is 5.81. The van der Waals surface area contributed by atoms with Gasteiger partial charge in [0.2, 0.25) is 0 Å². The van der Waals surface area contributed by atoms with Crippen molar-refractivity contribution in [3.63, 3.8) is 0 Å². The average molecular weight is 497 g/mol. The molecule has 1 fully saturated rings. The van der Waals surface area contributed by atoms with E-state index in [0.717, 1.165) is 54.3 Å². The van der Waals surface area contributed by atoms with Crippen LogP contribution in [0.4, 0.5) is 0 Å². The Morgan fingerprint density at radius 1 is 1.05 bits per heavy atom. The SMILES string of the molecule is CCCC(C)CN1CCC(c2cccc(O)c2)(c2ncc(C(=O)N3C=c4ccccc4=CC3)cn2)CC1. The highest BCUT2D eigenvalue weighted by atomic mass is 16.3. The van der Waals surface area contributed by atoms with Crippen LogP contribution in [-0.2, 0) is 5.41 Å². The van der Waals surface area contributed by atoms with Crippen LogP contribution in [0.3, 0.4) is 0 Å². The lowest BCUT2D eigenvalue weighted by atomic mass is 9.71. The summed E-state index contributed by atoms with van der Waals surface area (Å²) in [7, 11) is 0. The second kappa shape index (κ2) is 10.9. The van der Waals surface area contributed by atoms with Crippen LogP contribution in [0, 0.1) is 5.92 Å². The van der Waals surface area contributed by atoms with Gasteiger partial charge in [-0.1, -0.05) is 62.7 Å². The number of carbonyl (C=O) groups excluding carboxylic acids is 1. The van der Waals surface area contributed by atoms with E-state index in [1.54, 1.807) is 23.4 Å². The van der Waals surface area contributed by atoms with E-state index in [9.17, 15) is 9.90 Å². The van der Waals surface area contributed by atoms with E-state index in [2.05, 4.69) is 37.0 Å². The molecule has 3 aromatic rings. The predicted molar refractivity (Wildman–Crippen MR) is 146 cm³/mol. The first-order valence-corrected chi connectivity index (χ1v) is 13.4. The second-order valence-electron chi connectivity index (χ2n) is 10.5. The molecule has 1 unspecified atom stereocenters. The fourth-order valence-corrected chi connectivity index (χ4v) is 5.81. The van der Waals surface area contributed by atoms with Gasteiger partial charge in [-0.2, -0.15) is 0 Å². The predicted octanol–water partition coefficient (Wildman–Crippen LogP) is 3.67. The summed E-state index contributed by atoms with van der Waals surface area (Å²) in [5.74, 6) is 1.54. The summed E-state index contributed by atoms with van der Waals surface area (Å²) in [6.07, 6.45) is 11.5. The van der Waals surface area contributed by atoms with Crippen LogP contribution in [0.15, 0.2) is 60.9 Å². The van der Waals surface area contributed by atoms with Crippen molar-refractivity contribution in [3.8, 4) is 5.75 Å². The summed E-state index contributed by atoms with van der Waals surface area (Å²) in [5, 5.41) is 12.4. The Kier molecular flexibility index (Phi) is 7.38. The first-order valence-electron chi connectivity index (χ1n) is 13.4. The van der Waals surface area contributed by atoms with E-state index >= 15 is 0 Å². The highest BCUT2D eigenvalue weighted by Gasteiger charge is 2.41. The van der Waals surface area contributed by atoms with E-state index in [1.165, 1.54) is 12.8 Å². The number of aromatic hydroxyl groups is 1. The maximum Gasteiger partial charge on any atom is 0.261 e. The van der Waals surface area contributed by atoms with Crippen LogP contribution in [-0.4, -0.2) is 57.0 Å². The van der Waals surface area contributed by atoms with Crippen LogP contribution < -0.4 is 10.4 Å². The number of phenols is 1. The van der Waals surface area contributed by atoms with Crippen molar-refractivity contribution >= 4 is 18.2 Å². The van der Waals surface area contributed by atoms with E-state index < -0.39 is 5.41 Å². The molecule has 1 N–H and O–H groups in total. The third-order valence-electron chi connectivity index (χ3n) is 7.85. The molecule has 37 heavy (non-hydrogen) atoms. The van der Waals surface area contributed by atoms with Gasteiger partial charge in [-0.3, -0.25) is 4.79 Å². The maximum absolute atomic E-state index is 13.2. The van der Waals surface area contributed by atoms with Gasteiger partial charge in [0.15, 0.2) is 0 Å². The van der Waals surface area contributed by atoms with Gasteiger partial charge in [0.25, 0.3) is 5.91 Å². The monoisotopic (exact) mass is 496 g/mol. The molecule has 1 amide bonds. The van der Waals surface area contributed by atoms with Crippen LogP contribution in [0.5, 0.6) is 5.75 Å². The minimum atomic E-state index is -0.394. The minimum Gasteiger partial charge on any atom is -0.508 e. The number of hydrogen-bond donors (Lipinski definition) is 1. The quantitative estimate of drug-likeness (QED) is 0.541. The standard InChI is InChI=1S/C31H36N4O2/c1-3-7-23(2)21-34-16-13-31(14-17-34,27-10-6-11-28(36)18-27)30-32-19-26(20-33-30)29(37)35-15-12-24-8-4-5-9-25(24)22-35/h4-6,8-12,18-20,22-23,36H,3,7,13-17,21H2,1-2H3. The van der Waals surface area contributed by atoms with E-state index in [1.807, 2.05) is 36.5 Å². The van der Waals surface area contributed by atoms with Gasteiger partial charge in [0.05, 0.1) is 11.0 Å². The fraction of sp³-hybridized carbons (Fsp3) is 0.387. The zero-order valence-corrected chi connectivity index (χ0v) is 21.8. The Balaban J connectivity index is 1.39. The Morgan fingerprint density at radius 2 is 1.78 bits per heavy atom. The number of nitrogens with zero attached hydrogens (tertiary/aromatic N) is 4. The van der Waals surface area contributed by atoms with E-state index in [0.29, 0.717) is 18.0 Å². The number of carbonyl (C=O) groups is 1. The number of phenolic OH excluding ortho intramolecular Hbond substituents is 1. The summed E-state index contributed by atoms with van der Waals surface area (Å²) in [4.78, 5) is 27.0. The molecular formula is C31H36N4O2. The van der Waals surface area contributed by atoms with Crippen LogP contribution in [0.1, 0.15) is 61.3 Å². The molecule has 1 saturated heterocycles. The zero-order valence-electron chi connectivity index (χ0n) is 21.8. The minimum absolute atomic E-state index is 0.108. The molecule has 0 bridgehead atoms. The molecule has 192 valence electrons. The van der Waals surface area contributed by atoms with Crippen molar-refractivity contribution in [1.82, 2.24) is 19.8 Å². The summed E-state index contributed by atoms with van der Waals surface area (Å²) in [5.41, 5.74) is 1.11. The van der Waals surface area contributed by atoms with Crippen molar-refractivity contribution in [3.05, 3.63) is 88.3 Å². The maximum atomic E-state index is 13.2. The van der Waals surface area contributed by atoms with Gasteiger partial charge in [-0.15, -0.1) is 0 Å². The lowest BCUT2D eigenvalue weighted by Gasteiger charge is -2.42. The third-order valence-corrected chi connectivity index (χ3v) is 7.85. The molecule has 1 aromatic heterocycles. The number of rotatable bonds is 7. The molecule has 5 rings (SSSR count). The highest BCUT2D eigenvalue weighted by Crippen LogP contribution is 2.41. The number of piperidine rings is 1. The Bertz CT molecular complexity index is 1360. The third kappa shape index (κ3) is 5.30. The lowest BCUT2D eigenvalue weighted by Crippen LogP contribution is -2.45. The number of likely N-dealkylation sites (tertiary alicyclic amines) is 1. The first kappa shape index (κ1) is 25.2. The summed E-state index contributed by atoms with van der Waals surface area (Å²) < 4.78 is 0. The van der Waals surface area contributed by atoms with Gasteiger partial charge in [-0.05, 0) is 66.4 Å². The molecule has 2 aliphatic rings. The molecule has 2 aliphatic heterocycles. The molecular weight excluding hydrogens is 460 g/mol. The Hall–Kier alpha value is -3.51. The summed E-state index contributed by atoms with van der Waals surface area (Å²) in [6, 6.07) is 15.5. The Labute approximate surface area is 219 Å². The van der Waals surface area contributed by atoms with Gasteiger partial charge >= 0.3 is 0 Å². The number of fused-ring (bicyclic) bond motifs is 1. The summed E-state index contributed by atoms with van der Waals surface area (Å²) >= 11 is 0. The number of aromatic nitrogens is 2. The van der Waals surface area contributed by atoms with Crippen LogP contribution >= 0.6 is 0 Å². The topological polar surface area (TPSA) is 69.6 Å². The van der Waals surface area contributed by atoms with E-state index in [4.69, 9.17) is 9.97 Å². The molecule has 6 heteroatoms. The molecule has 0 aliphatic carbocycles. The van der Waals surface area contributed by atoms with Crippen molar-refractivity contribution < 1.29 is 9.90 Å².